The van der Waals surface area contributed by atoms with E-state index >= 15 is 0 Å². The van der Waals surface area contributed by atoms with Gasteiger partial charge in [-0.2, -0.15) is 5.10 Å². The van der Waals surface area contributed by atoms with Crippen LogP contribution in [0.15, 0.2) is 48.3 Å². The first-order chi connectivity index (χ1) is 11.0. The fraction of sp³-hybridized carbons (Fsp3) is 0.188. The van der Waals surface area contributed by atoms with Gasteiger partial charge >= 0.3 is 11.9 Å². The molecule has 23 heavy (non-hydrogen) atoms. The third-order valence-electron chi connectivity index (χ3n) is 3.15. The number of nitrogens with one attached hydrogen (secondary N) is 1. The summed E-state index contributed by atoms with van der Waals surface area (Å²) in [6.45, 7) is 0. The molecule has 7 nitrogen and oxygen atoms in total. The van der Waals surface area contributed by atoms with Crippen molar-refractivity contribution in [2.75, 3.05) is 19.5 Å². The van der Waals surface area contributed by atoms with Gasteiger partial charge in [-0.1, -0.05) is 12.1 Å². The third-order valence-corrected chi connectivity index (χ3v) is 3.15. The van der Waals surface area contributed by atoms with E-state index in [9.17, 15) is 9.59 Å². The first-order valence-corrected chi connectivity index (χ1v) is 6.78. The minimum atomic E-state index is -0.661. The van der Waals surface area contributed by atoms with Gasteiger partial charge in [0, 0.05) is 18.9 Å². The Balaban J connectivity index is 2.21. The second-order valence-electron chi connectivity index (χ2n) is 4.62. The highest BCUT2D eigenvalue weighted by molar-refractivity contribution is 5.98. The summed E-state index contributed by atoms with van der Waals surface area (Å²) in [5.41, 5.74) is 2.58. The molecular weight excluding hydrogens is 298 g/mol. The monoisotopic (exact) mass is 315 g/mol. The van der Waals surface area contributed by atoms with Crippen molar-refractivity contribution < 1.29 is 19.1 Å². The van der Waals surface area contributed by atoms with Crippen LogP contribution in [-0.4, -0.2) is 35.9 Å². The number of esters is 2. The lowest BCUT2D eigenvalue weighted by Crippen LogP contribution is -2.15. The lowest BCUT2D eigenvalue weighted by Gasteiger charge is -2.10. The fourth-order valence-electron chi connectivity index (χ4n) is 1.97. The van der Waals surface area contributed by atoms with E-state index in [4.69, 9.17) is 0 Å². The van der Waals surface area contributed by atoms with Crippen molar-refractivity contribution in [3.63, 3.8) is 0 Å². The van der Waals surface area contributed by atoms with Gasteiger partial charge in [-0.25, -0.2) is 9.59 Å². The predicted octanol–water partition coefficient (Wildman–Crippen LogP) is 1.73. The first-order valence-electron chi connectivity index (χ1n) is 6.78. The van der Waals surface area contributed by atoms with Gasteiger partial charge in [-0.05, 0) is 23.8 Å². The lowest BCUT2D eigenvalue weighted by atomic mass is 10.1. The van der Waals surface area contributed by atoms with E-state index in [1.807, 2.05) is 25.2 Å². The Bertz CT molecular complexity index is 732. The minimum absolute atomic E-state index is 0.00682. The molecule has 0 aliphatic carbocycles. The number of aryl methyl sites for hydroxylation is 1. The van der Waals surface area contributed by atoms with Gasteiger partial charge in [0.05, 0.1) is 26.0 Å². The maximum absolute atomic E-state index is 11.7. The van der Waals surface area contributed by atoms with Crippen molar-refractivity contribution in [3.8, 4) is 11.3 Å². The highest BCUT2D eigenvalue weighted by atomic mass is 16.5. The van der Waals surface area contributed by atoms with E-state index in [0.717, 1.165) is 17.3 Å². The Hall–Kier alpha value is -3.09. The lowest BCUT2D eigenvalue weighted by molar-refractivity contribution is -0.138. The van der Waals surface area contributed by atoms with Crippen LogP contribution in [0.3, 0.4) is 0 Å². The van der Waals surface area contributed by atoms with Crippen LogP contribution < -0.4 is 5.32 Å². The first kappa shape index (κ1) is 16.3. The van der Waals surface area contributed by atoms with Crippen molar-refractivity contribution in [1.82, 2.24) is 9.78 Å². The number of hydrogen-bond acceptors (Lipinski definition) is 6. The predicted molar refractivity (Wildman–Crippen MR) is 84.4 cm³/mol. The molecule has 0 atom stereocenters. The maximum atomic E-state index is 11.7. The Labute approximate surface area is 133 Å². The summed E-state index contributed by atoms with van der Waals surface area (Å²) in [5, 5.41) is 6.96. The number of hydrogen-bond donors (Lipinski definition) is 1. The molecule has 1 aromatic carbocycles. The van der Waals surface area contributed by atoms with Crippen LogP contribution in [0, 0.1) is 0 Å². The van der Waals surface area contributed by atoms with Gasteiger partial charge in [-0.3, -0.25) is 4.68 Å². The molecule has 0 unspecified atom stereocenters. The molecule has 0 amide bonds. The molecule has 2 aromatic rings. The Morgan fingerprint density at radius 1 is 1.13 bits per heavy atom. The molecule has 1 N–H and O–H groups in total. The van der Waals surface area contributed by atoms with E-state index in [0.29, 0.717) is 5.69 Å². The molecule has 2 rings (SSSR count). The molecule has 0 spiro atoms. The van der Waals surface area contributed by atoms with Crippen molar-refractivity contribution in [3.05, 3.63) is 48.3 Å². The second-order valence-corrected chi connectivity index (χ2v) is 4.62. The van der Waals surface area contributed by atoms with Crippen LogP contribution in [0.25, 0.3) is 11.3 Å². The van der Waals surface area contributed by atoms with Crippen molar-refractivity contribution in [1.29, 1.82) is 0 Å². The number of rotatable bonds is 5. The van der Waals surface area contributed by atoms with Crippen LogP contribution in [0.2, 0.25) is 0 Å². The quantitative estimate of drug-likeness (QED) is 0.668. The van der Waals surface area contributed by atoms with Crippen LogP contribution in [0.1, 0.15) is 0 Å². The van der Waals surface area contributed by atoms with Gasteiger partial charge in [0.15, 0.2) is 0 Å². The van der Waals surface area contributed by atoms with Gasteiger partial charge < -0.3 is 14.8 Å². The topological polar surface area (TPSA) is 82.5 Å². The van der Waals surface area contributed by atoms with Gasteiger partial charge in [0.25, 0.3) is 0 Å². The average molecular weight is 315 g/mol. The highest BCUT2D eigenvalue weighted by Crippen LogP contribution is 2.21. The van der Waals surface area contributed by atoms with E-state index in [1.165, 1.54) is 14.2 Å². The van der Waals surface area contributed by atoms with Gasteiger partial charge in [0.2, 0.25) is 0 Å². The SMILES string of the molecule is COC(=O)/C=C(/Nc1ccc(-c2ccnn2C)cc1)C(=O)OC. The molecule has 1 aromatic heterocycles. The normalized spacial score (nSPS) is 11.0. The summed E-state index contributed by atoms with van der Waals surface area (Å²) in [5.74, 6) is -1.31. The number of benzene rings is 1. The number of carbonyl (C=O) groups is 2. The molecule has 0 saturated carbocycles. The summed E-state index contributed by atoms with van der Waals surface area (Å²) in [4.78, 5) is 23.0. The van der Waals surface area contributed by atoms with Gasteiger partial charge in [-0.15, -0.1) is 0 Å². The Morgan fingerprint density at radius 3 is 2.35 bits per heavy atom. The zero-order chi connectivity index (χ0) is 16.8. The standard InChI is InChI=1S/C16H17N3O4/c1-19-14(8-9-17-19)11-4-6-12(7-5-11)18-13(16(21)23-3)10-15(20)22-2/h4-10,18H,1-3H3/b13-10+. The van der Waals surface area contributed by atoms with Gasteiger partial charge in [0.1, 0.15) is 5.70 Å². The van der Waals surface area contributed by atoms with Crippen LogP contribution >= 0.6 is 0 Å². The third kappa shape index (κ3) is 3.97. The van der Waals surface area contributed by atoms with Crippen LogP contribution in [0.4, 0.5) is 5.69 Å². The van der Waals surface area contributed by atoms with E-state index in [1.54, 1.807) is 23.0 Å². The minimum Gasteiger partial charge on any atom is -0.466 e. The zero-order valence-electron chi connectivity index (χ0n) is 13.1. The average Bonchev–Trinajstić information content (AvgIpc) is 3.00. The van der Waals surface area contributed by atoms with Crippen molar-refractivity contribution in [2.45, 2.75) is 0 Å². The maximum Gasteiger partial charge on any atom is 0.354 e. The molecule has 120 valence electrons. The molecule has 0 saturated heterocycles. The smallest absolute Gasteiger partial charge is 0.354 e. The van der Waals surface area contributed by atoms with Crippen LogP contribution in [-0.2, 0) is 26.1 Å². The fourth-order valence-corrected chi connectivity index (χ4v) is 1.97. The molecule has 0 radical (unpaired) electrons. The Kier molecular flexibility index (Phi) is 5.14. The van der Waals surface area contributed by atoms with E-state index in [2.05, 4.69) is 19.9 Å². The number of carbonyl (C=O) groups excluding carboxylic acids is 2. The number of aromatic nitrogens is 2. The van der Waals surface area contributed by atoms with Crippen molar-refractivity contribution in [2.24, 2.45) is 7.05 Å². The summed E-state index contributed by atoms with van der Waals surface area (Å²) in [7, 11) is 4.33. The number of methoxy groups -OCH3 is 2. The number of ether oxygens (including phenoxy) is 2. The van der Waals surface area contributed by atoms with Crippen LogP contribution in [0.5, 0.6) is 0 Å². The number of nitrogens with zero attached hydrogens (tertiary/aromatic N) is 2. The molecule has 7 heteroatoms. The molecule has 0 bridgehead atoms. The largest absolute Gasteiger partial charge is 0.466 e. The summed E-state index contributed by atoms with van der Waals surface area (Å²) in [6.07, 6.45) is 2.76. The molecule has 0 aliphatic heterocycles. The summed E-state index contributed by atoms with van der Waals surface area (Å²) < 4.78 is 10.9. The highest BCUT2D eigenvalue weighted by Gasteiger charge is 2.13. The van der Waals surface area contributed by atoms with Crippen molar-refractivity contribution >= 4 is 17.6 Å². The molecule has 1 heterocycles. The van der Waals surface area contributed by atoms with E-state index < -0.39 is 11.9 Å². The molecule has 0 fully saturated rings. The van der Waals surface area contributed by atoms with E-state index in [-0.39, 0.29) is 5.70 Å². The molecule has 0 aliphatic rings. The zero-order valence-corrected chi connectivity index (χ0v) is 13.1. The number of anilines is 1. The second kappa shape index (κ2) is 7.26. The summed E-state index contributed by atoms with van der Waals surface area (Å²) in [6, 6.07) is 9.24. The molecular formula is C16H17N3O4. The Morgan fingerprint density at radius 2 is 1.83 bits per heavy atom. The summed E-state index contributed by atoms with van der Waals surface area (Å²) >= 11 is 0.